The number of nitrogens with zero attached hydrogens (tertiary/aromatic N) is 1. The second kappa shape index (κ2) is 11.3. The molecule has 2 rings (SSSR count). The maximum atomic E-state index is 12.3. The van der Waals surface area contributed by atoms with Gasteiger partial charge in [-0.1, -0.05) is 30.3 Å². The third-order valence-corrected chi connectivity index (χ3v) is 4.79. The smallest absolute Gasteiger partial charge is 0.261 e. The number of rotatable bonds is 9. The van der Waals surface area contributed by atoms with E-state index in [4.69, 9.17) is 9.47 Å². The van der Waals surface area contributed by atoms with E-state index >= 15 is 0 Å². The van der Waals surface area contributed by atoms with Crippen molar-refractivity contribution in [3.63, 3.8) is 0 Å². The second-order valence-corrected chi connectivity index (χ2v) is 7.14. The van der Waals surface area contributed by atoms with Gasteiger partial charge in [0.15, 0.2) is 11.5 Å². The zero-order valence-electron chi connectivity index (χ0n) is 16.0. The molecule has 2 aromatic rings. The topological polar surface area (TPSA) is 71.3 Å². The first kappa shape index (κ1) is 21.8. The molecule has 5 nitrogen and oxygen atoms in total. The van der Waals surface area contributed by atoms with Crippen molar-refractivity contribution in [1.82, 2.24) is 5.32 Å². The molecule has 0 fully saturated rings. The molecule has 0 saturated heterocycles. The molecule has 1 amide bonds. The summed E-state index contributed by atoms with van der Waals surface area (Å²) in [5, 5.41) is 12.2. The quantitative estimate of drug-likeness (QED) is 0.246. The number of carbonyl (C=O) groups is 1. The van der Waals surface area contributed by atoms with Crippen LogP contribution in [0.15, 0.2) is 48.0 Å². The molecule has 0 atom stereocenters. The molecule has 0 aromatic heterocycles. The highest BCUT2D eigenvalue weighted by atomic mass is 127. The fraction of sp³-hybridized carbons (Fsp3) is 0.273. The van der Waals surface area contributed by atoms with Crippen LogP contribution in [0, 0.1) is 14.9 Å². The van der Waals surface area contributed by atoms with Crippen molar-refractivity contribution in [3.05, 3.63) is 62.7 Å². The molecular weight excluding hydrogens is 467 g/mol. The SMILES string of the molecule is CCOc1c(I)cc(/C=C(\C#N)C(=O)NCCCc2ccccc2)cc1OC. The van der Waals surface area contributed by atoms with E-state index in [-0.39, 0.29) is 11.5 Å². The molecule has 0 bridgehead atoms. The summed E-state index contributed by atoms with van der Waals surface area (Å²) in [6.45, 7) is 2.94. The van der Waals surface area contributed by atoms with E-state index < -0.39 is 0 Å². The van der Waals surface area contributed by atoms with Crippen molar-refractivity contribution >= 4 is 34.6 Å². The highest BCUT2D eigenvalue weighted by Gasteiger charge is 2.13. The van der Waals surface area contributed by atoms with Gasteiger partial charge in [-0.05, 0) is 71.7 Å². The Labute approximate surface area is 179 Å². The number of methoxy groups -OCH3 is 1. The lowest BCUT2D eigenvalue weighted by Crippen LogP contribution is -2.25. The molecule has 146 valence electrons. The number of hydrogen-bond acceptors (Lipinski definition) is 4. The van der Waals surface area contributed by atoms with Gasteiger partial charge in [0, 0.05) is 6.54 Å². The Morgan fingerprint density at radius 2 is 2.04 bits per heavy atom. The van der Waals surface area contributed by atoms with Crippen LogP contribution in [0.2, 0.25) is 0 Å². The molecular formula is C22H23IN2O3. The summed E-state index contributed by atoms with van der Waals surface area (Å²) in [6, 6.07) is 15.7. The zero-order valence-corrected chi connectivity index (χ0v) is 18.2. The Morgan fingerprint density at radius 1 is 1.29 bits per heavy atom. The Morgan fingerprint density at radius 3 is 2.68 bits per heavy atom. The highest BCUT2D eigenvalue weighted by molar-refractivity contribution is 14.1. The molecule has 1 N–H and O–H groups in total. The molecule has 28 heavy (non-hydrogen) atoms. The minimum Gasteiger partial charge on any atom is -0.493 e. The third-order valence-electron chi connectivity index (χ3n) is 3.99. The van der Waals surface area contributed by atoms with Gasteiger partial charge in [0.2, 0.25) is 0 Å². The van der Waals surface area contributed by atoms with Crippen LogP contribution < -0.4 is 14.8 Å². The molecule has 0 heterocycles. The maximum Gasteiger partial charge on any atom is 0.261 e. The number of carbonyl (C=O) groups excluding carboxylic acids is 1. The highest BCUT2D eigenvalue weighted by Crippen LogP contribution is 2.34. The van der Waals surface area contributed by atoms with Gasteiger partial charge in [0.1, 0.15) is 11.6 Å². The number of nitrogens with one attached hydrogen (secondary N) is 1. The van der Waals surface area contributed by atoms with Gasteiger partial charge in [-0.2, -0.15) is 5.26 Å². The van der Waals surface area contributed by atoms with E-state index in [9.17, 15) is 10.1 Å². The number of benzene rings is 2. The predicted octanol–water partition coefficient (Wildman–Crippen LogP) is 4.35. The van der Waals surface area contributed by atoms with Gasteiger partial charge in [-0.25, -0.2) is 0 Å². The van der Waals surface area contributed by atoms with E-state index in [2.05, 4.69) is 40.0 Å². The summed E-state index contributed by atoms with van der Waals surface area (Å²) in [5.41, 5.74) is 1.99. The van der Waals surface area contributed by atoms with E-state index in [0.717, 1.165) is 16.4 Å². The van der Waals surface area contributed by atoms with Gasteiger partial charge in [-0.3, -0.25) is 4.79 Å². The van der Waals surface area contributed by atoms with Crippen LogP contribution >= 0.6 is 22.6 Å². The van der Waals surface area contributed by atoms with E-state index in [1.807, 2.05) is 37.3 Å². The van der Waals surface area contributed by atoms with Gasteiger partial charge >= 0.3 is 0 Å². The lowest BCUT2D eigenvalue weighted by molar-refractivity contribution is -0.117. The Hall–Kier alpha value is -2.53. The van der Waals surface area contributed by atoms with Gasteiger partial charge in [0.05, 0.1) is 17.3 Å². The molecule has 0 aliphatic rings. The summed E-state index contributed by atoms with van der Waals surface area (Å²) in [6.07, 6.45) is 3.25. The van der Waals surface area contributed by atoms with Crippen molar-refractivity contribution in [2.45, 2.75) is 19.8 Å². The summed E-state index contributed by atoms with van der Waals surface area (Å²) < 4.78 is 11.8. The molecule has 0 aliphatic carbocycles. The van der Waals surface area contributed by atoms with Crippen LogP contribution in [0.5, 0.6) is 11.5 Å². The van der Waals surface area contributed by atoms with E-state index in [1.54, 1.807) is 19.3 Å². The molecule has 0 aliphatic heterocycles. The molecule has 6 heteroatoms. The van der Waals surface area contributed by atoms with Crippen LogP contribution in [-0.2, 0) is 11.2 Å². The zero-order chi connectivity index (χ0) is 20.4. The normalized spacial score (nSPS) is 10.9. The maximum absolute atomic E-state index is 12.3. The molecule has 0 unspecified atom stereocenters. The first-order valence-electron chi connectivity index (χ1n) is 9.03. The first-order valence-corrected chi connectivity index (χ1v) is 10.1. The van der Waals surface area contributed by atoms with E-state index in [0.29, 0.717) is 30.2 Å². The van der Waals surface area contributed by atoms with Crippen LogP contribution in [0.25, 0.3) is 6.08 Å². The first-order chi connectivity index (χ1) is 13.6. The predicted molar refractivity (Wildman–Crippen MR) is 118 cm³/mol. The van der Waals surface area contributed by atoms with Gasteiger partial charge in [-0.15, -0.1) is 0 Å². The number of nitriles is 1. The lowest BCUT2D eigenvalue weighted by atomic mass is 10.1. The summed E-state index contributed by atoms with van der Waals surface area (Å²) in [5.74, 6) is 0.852. The van der Waals surface area contributed by atoms with Gasteiger partial charge < -0.3 is 14.8 Å². The Bertz CT molecular complexity index is 873. The van der Waals surface area contributed by atoms with Crippen LogP contribution in [0.4, 0.5) is 0 Å². The van der Waals surface area contributed by atoms with Crippen molar-refractivity contribution in [2.24, 2.45) is 0 Å². The molecule has 0 saturated carbocycles. The number of ether oxygens (including phenoxy) is 2. The largest absolute Gasteiger partial charge is 0.493 e. The van der Waals surface area contributed by atoms with Crippen molar-refractivity contribution < 1.29 is 14.3 Å². The minimum atomic E-state index is -0.376. The van der Waals surface area contributed by atoms with Crippen LogP contribution in [0.3, 0.4) is 0 Å². The monoisotopic (exact) mass is 490 g/mol. The standard InChI is InChI=1S/C22H23IN2O3/c1-3-28-21-19(23)13-17(14-20(21)27-2)12-18(15-24)22(26)25-11-7-10-16-8-5-4-6-9-16/h4-6,8-9,12-14H,3,7,10-11H2,1-2H3,(H,25,26)/b18-12+. The molecule has 0 radical (unpaired) electrons. The van der Waals surface area contributed by atoms with Crippen molar-refractivity contribution in [3.8, 4) is 17.6 Å². The summed E-state index contributed by atoms with van der Waals surface area (Å²) in [4.78, 5) is 12.3. The number of halogens is 1. The molecule has 0 spiro atoms. The fourth-order valence-electron chi connectivity index (χ4n) is 2.66. The third kappa shape index (κ3) is 6.27. The fourth-order valence-corrected chi connectivity index (χ4v) is 3.44. The second-order valence-electron chi connectivity index (χ2n) is 5.98. The minimum absolute atomic E-state index is 0.0572. The van der Waals surface area contributed by atoms with Crippen LogP contribution in [0.1, 0.15) is 24.5 Å². The van der Waals surface area contributed by atoms with Crippen molar-refractivity contribution in [2.75, 3.05) is 20.3 Å². The number of amides is 1. The Balaban J connectivity index is 2.03. The van der Waals surface area contributed by atoms with Crippen molar-refractivity contribution in [1.29, 1.82) is 5.26 Å². The number of aryl methyl sites for hydroxylation is 1. The Kier molecular flexibility index (Phi) is 8.82. The van der Waals surface area contributed by atoms with Crippen LogP contribution in [-0.4, -0.2) is 26.2 Å². The summed E-state index contributed by atoms with van der Waals surface area (Å²) >= 11 is 2.15. The van der Waals surface area contributed by atoms with E-state index in [1.165, 1.54) is 5.56 Å². The molecule has 2 aromatic carbocycles. The van der Waals surface area contributed by atoms with Gasteiger partial charge in [0.25, 0.3) is 5.91 Å². The average molecular weight is 490 g/mol. The summed E-state index contributed by atoms with van der Waals surface area (Å²) in [7, 11) is 1.56. The lowest BCUT2D eigenvalue weighted by Gasteiger charge is -2.12. The average Bonchev–Trinajstić information content (AvgIpc) is 2.71. The number of hydrogen-bond donors (Lipinski definition) is 1.